The molecular formula is C14H14ClF2NO. The number of nitrogens with one attached hydrogen (secondary N) is 1. The zero-order valence-corrected chi connectivity index (χ0v) is 11.2. The highest BCUT2D eigenvalue weighted by Gasteiger charge is 2.19. The van der Waals surface area contributed by atoms with Gasteiger partial charge in [-0.1, -0.05) is 6.92 Å². The van der Waals surface area contributed by atoms with Gasteiger partial charge in [0.05, 0.1) is 12.3 Å². The van der Waals surface area contributed by atoms with Gasteiger partial charge in [-0.25, -0.2) is 8.78 Å². The molecule has 0 aliphatic rings. The zero-order valence-electron chi connectivity index (χ0n) is 10.4. The first-order chi connectivity index (χ1) is 9.11. The molecule has 0 aliphatic carbocycles. The monoisotopic (exact) mass is 285 g/mol. The van der Waals surface area contributed by atoms with Crippen LogP contribution < -0.4 is 5.32 Å². The van der Waals surface area contributed by atoms with Crippen molar-refractivity contribution in [1.82, 2.24) is 5.32 Å². The van der Waals surface area contributed by atoms with Crippen LogP contribution in [0.1, 0.15) is 30.5 Å². The predicted molar refractivity (Wildman–Crippen MR) is 70.2 cm³/mol. The van der Waals surface area contributed by atoms with Crippen molar-refractivity contribution in [2.24, 2.45) is 0 Å². The molecule has 0 radical (unpaired) electrons. The molecule has 1 heterocycles. The van der Waals surface area contributed by atoms with Gasteiger partial charge in [-0.05, 0) is 48.3 Å². The summed E-state index contributed by atoms with van der Waals surface area (Å²) in [6.45, 7) is 2.71. The van der Waals surface area contributed by atoms with Gasteiger partial charge >= 0.3 is 0 Å². The SMILES string of the molecule is CCCNC(c1cc(F)cc(F)c1)c1ccoc1Cl. The van der Waals surface area contributed by atoms with Gasteiger partial charge in [-0.3, -0.25) is 0 Å². The summed E-state index contributed by atoms with van der Waals surface area (Å²) in [5.41, 5.74) is 1.15. The lowest BCUT2D eigenvalue weighted by Gasteiger charge is -2.18. The quantitative estimate of drug-likeness (QED) is 0.886. The van der Waals surface area contributed by atoms with Crippen LogP contribution in [0.2, 0.25) is 5.22 Å². The predicted octanol–water partition coefficient (Wildman–Crippen LogP) is 4.30. The van der Waals surface area contributed by atoms with E-state index >= 15 is 0 Å². The van der Waals surface area contributed by atoms with Crippen LogP contribution in [-0.4, -0.2) is 6.54 Å². The van der Waals surface area contributed by atoms with Crippen molar-refractivity contribution in [3.63, 3.8) is 0 Å². The van der Waals surface area contributed by atoms with Crippen LogP contribution in [0.4, 0.5) is 8.78 Å². The van der Waals surface area contributed by atoms with Gasteiger partial charge in [0.15, 0.2) is 5.22 Å². The molecule has 1 aromatic heterocycles. The highest BCUT2D eigenvalue weighted by molar-refractivity contribution is 6.29. The highest BCUT2D eigenvalue weighted by Crippen LogP contribution is 2.30. The maximum atomic E-state index is 13.3. The van der Waals surface area contributed by atoms with E-state index in [-0.39, 0.29) is 5.22 Å². The molecule has 1 unspecified atom stereocenters. The second-order valence-electron chi connectivity index (χ2n) is 4.24. The van der Waals surface area contributed by atoms with E-state index in [9.17, 15) is 8.78 Å². The third kappa shape index (κ3) is 3.33. The maximum Gasteiger partial charge on any atom is 0.198 e. The summed E-state index contributed by atoms with van der Waals surface area (Å²) in [6, 6.07) is 4.73. The number of benzene rings is 1. The van der Waals surface area contributed by atoms with Gasteiger partial charge in [0.2, 0.25) is 0 Å². The van der Waals surface area contributed by atoms with Gasteiger partial charge in [0.25, 0.3) is 0 Å². The normalized spacial score (nSPS) is 12.6. The molecular weight excluding hydrogens is 272 g/mol. The number of halogens is 3. The topological polar surface area (TPSA) is 25.2 Å². The molecule has 0 spiro atoms. The number of hydrogen-bond donors (Lipinski definition) is 1. The molecule has 0 amide bonds. The second kappa shape index (κ2) is 6.17. The summed E-state index contributed by atoms with van der Waals surface area (Å²) in [5, 5.41) is 3.43. The fourth-order valence-electron chi connectivity index (χ4n) is 1.95. The Balaban J connectivity index is 2.39. The molecule has 1 aromatic carbocycles. The zero-order chi connectivity index (χ0) is 13.8. The van der Waals surface area contributed by atoms with Crippen molar-refractivity contribution in [2.45, 2.75) is 19.4 Å². The smallest absolute Gasteiger partial charge is 0.198 e. The fourth-order valence-corrected chi connectivity index (χ4v) is 2.17. The minimum atomic E-state index is -0.613. The molecule has 2 nitrogen and oxygen atoms in total. The van der Waals surface area contributed by atoms with Crippen LogP contribution in [-0.2, 0) is 0 Å². The summed E-state index contributed by atoms with van der Waals surface area (Å²) in [7, 11) is 0. The first-order valence-electron chi connectivity index (χ1n) is 6.04. The summed E-state index contributed by atoms with van der Waals surface area (Å²) < 4.78 is 31.7. The largest absolute Gasteiger partial charge is 0.453 e. The van der Waals surface area contributed by atoms with Crippen LogP contribution in [0.25, 0.3) is 0 Å². The Kier molecular flexibility index (Phi) is 4.56. The maximum absolute atomic E-state index is 13.3. The Bertz CT molecular complexity index is 536. The first-order valence-corrected chi connectivity index (χ1v) is 6.42. The lowest BCUT2D eigenvalue weighted by molar-refractivity contribution is 0.541. The summed E-state index contributed by atoms with van der Waals surface area (Å²) >= 11 is 5.95. The summed E-state index contributed by atoms with van der Waals surface area (Å²) in [6.07, 6.45) is 2.34. The van der Waals surface area contributed by atoms with Gasteiger partial charge in [0.1, 0.15) is 11.6 Å². The molecule has 0 saturated carbocycles. The Morgan fingerprint density at radius 2 is 1.95 bits per heavy atom. The molecule has 2 rings (SSSR count). The molecule has 0 aliphatic heterocycles. The van der Waals surface area contributed by atoms with Crippen molar-refractivity contribution in [2.75, 3.05) is 6.54 Å². The Hall–Kier alpha value is -1.39. The van der Waals surface area contributed by atoms with E-state index in [0.29, 0.717) is 17.7 Å². The van der Waals surface area contributed by atoms with Crippen molar-refractivity contribution in [3.05, 3.63) is 58.5 Å². The van der Waals surface area contributed by atoms with Crippen molar-refractivity contribution >= 4 is 11.6 Å². The van der Waals surface area contributed by atoms with Crippen LogP contribution in [0, 0.1) is 11.6 Å². The van der Waals surface area contributed by atoms with Crippen LogP contribution >= 0.6 is 11.6 Å². The third-order valence-corrected chi connectivity index (χ3v) is 3.08. The van der Waals surface area contributed by atoms with Gasteiger partial charge in [-0.15, -0.1) is 0 Å². The highest BCUT2D eigenvalue weighted by atomic mass is 35.5. The van der Waals surface area contributed by atoms with Crippen LogP contribution in [0.15, 0.2) is 34.9 Å². The summed E-state index contributed by atoms with van der Waals surface area (Å²) in [4.78, 5) is 0. The van der Waals surface area contributed by atoms with E-state index in [1.54, 1.807) is 6.07 Å². The van der Waals surface area contributed by atoms with Crippen LogP contribution in [0.5, 0.6) is 0 Å². The Labute approximate surface area is 115 Å². The van der Waals surface area contributed by atoms with Gasteiger partial charge in [-0.2, -0.15) is 0 Å². The second-order valence-corrected chi connectivity index (χ2v) is 4.58. The number of hydrogen-bond acceptors (Lipinski definition) is 2. The standard InChI is InChI=1S/C14H14ClF2NO/c1-2-4-18-13(12-3-5-19-14(12)15)9-6-10(16)8-11(17)7-9/h3,5-8,13,18H,2,4H2,1H3. The molecule has 0 bridgehead atoms. The van der Waals surface area contributed by atoms with Crippen LogP contribution in [0.3, 0.4) is 0 Å². The third-order valence-electron chi connectivity index (χ3n) is 2.77. The minimum Gasteiger partial charge on any atom is -0.453 e. The molecule has 19 heavy (non-hydrogen) atoms. The minimum absolute atomic E-state index is 0.221. The lowest BCUT2D eigenvalue weighted by atomic mass is 10.0. The average Bonchev–Trinajstić information content (AvgIpc) is 2.75. The average molecular weight is 286 g/mol. The number of rotatable bonds is 5. The van der Waals surface area contributed by atoms with Crippen molar-refractivity contribution in [1.29, 1.82) is 0 Å². The number of furan rings is 1. The fraction of sp³-hybridized carbons (Fsp3) is 0.286. The molecule has 102 valence electrons. The van der Waals surface area contributed by atoms with Crippen molar-refractivity contribution < 1.29 is 13.2 Å². The van der Waals surface area contributed by atoms with Gasteiger partial charge in [0, 0.05) is 11.6 Å². The van der Waals surface area contributed by atoms with Gasteiger partial charge < -0.3 is 9.73 Å². The molecule has 0 saturated heterocycles. The van der Waals surface area contributed by atoms with Crippen molar-refractivity contribution in [3.8, 4) is 0 Å². The molecule has 1 N–H and O–H groups in total. The Morgan fingerprint density at radius 1 is 1.26 bits per heavy atom. The first kappa shape index (κ1) is 14.0. The lowest BCUT2D eigenvalue weighted by Crippen LogP contribution is -2.23. The molecule has 5 heteroatoms. The summed E-state index contributed by atoms with van der Waals surface area (Å²) in [5.74, 6) is -1.23. The van der Waals surface area contributed by atoms with E-state index in [4.69, 9.17) is 16.0 Å². The molecule has 1 atom stereocenters. The molecule has 0 fully saturated rings. The molecule has 2 aromatic rings. The van der Waals surface area contributed by atoms with E-state index in [2.05, 4.69) is 5.32 Å². The Morgan fingerprint density at radius 3 is 2.47 bits per heavy atom. The van der Waals surface area contributed by atoms with E-state index in [1.807, 2.05) is 6.92 Å². The van der Waals surface area contributed by atoms with E-state index in [1.165, 1.54) is 18.4 Å². The van der Waals surface area contributed by atoms with E-state index < -0.39 is 17.7 Å². The van der Waals surface area contributed by atoms with E-state index in [0.717, 1.165) is 12.5 Å².